The lowest BCUT2D eigenvalue weighted by atomic mass is 10.2. The summed E-state index contributed by atoms with van der Waals surface area (Å²) in [5.41, 5.74) is 0. The van der Waals surface area contributed by atoms with Gasteiger partial charge in [-0.25, -0.2) is 0 Å². The van der Waals surface area contributed by atoms with Crippen molar-refractivity contribution in [3.8, 4) is 0 Å². The Bertz CT molecular complexity index is 379. The summed E-state index contributed by atoms with van der Waals surface area (Å²) < 4.78 is 0. The number of carbonyl (C=O) groups excluding carboxylic acids is 1. The van der Waals surface area contributed by atoms with Crippen LogP contribution in [-0.2, 0) is 4.79 Å². The van der Waals surface area contributed by atoms with Crippen LogP contribution in [0, 0.1) is 5.92 Å². The van der Waals surface area contributed by atoms with E-state index in [9.17, 15) is 9.90 Å². The van der Waals surface area contributed by atoms with Crippen LogP contribution in [0.1, 0.15) is 19.3 Å². The molecule has 1 aromatic carbocycles. The van der Waals surface area contributed by atoms with E-state index in [0.29, 0.717) is 18.9 Å². The number of hydrogen-bond acceptors (Lipinski definition) is 3. The zero-order chi connectivity index (χ0) is 12.8. The number of aliphatic hydroxyl groups excluding tert-OH is 1. The first kappa shape index (κ1) is 13.4. The molecule has 4 heteroatoms. The van der Waals surface area contributed by atoms with Crippen LogP contribution in [0.3, 0.4) is 0 Å². The van der Waals surface area contributed by atoms with Crippen molar-refractivity contribution in [1.29, 1.82) is 0 Å². The van der Waals surface area contributed by atoms with Crippen molar-refractivity contribution in [2.24, 2.45) is 5.92 Å². The van der Waals surface area contributed by atoms with Crippen molar-refractivity contribution in [3.05, 3.63) is 30.3 Å². The molecule has 98 valence electrons. The van der Waals surface area contributed by atoms with E-state index in [4.69, 9.17) is 0 Å². The number of benzene rings is 1. The Balaban J connectivity index is 1.57. The van der Waals surface area contributed by atoms with Gasteiger partial charge in [-0.15, -0.1) is 11.8 Å². The molecule has 2 rings (SSSR count). The zero-order valence-corrected chi connectivity index (χ0v) is 11.2. The van der Waals surface area contributed by atoms with Gasteiger partial charge in [0.15, 0.2) is 0 Å². The van der Waals surface area contributed by atoms with Crippen LogP contribution in [-0.4, -0.2) is 29.4 Å². The van der Waals surface area contributed by atoms with Crippen molar-refractivity contribution in [3.63, 3.8) is 0 Å². The SMILES string of the molecule is O=C(CCSc1ccccc1)NCC(O)C1CC1. The highest BCUT2D eigenvalue weighted by Crippen LogP contribution is 2.32. The number of thioether (sulfide) groups is 1. The van der Waals surface area contributed by atoms with Crippen LogP contribution < -0.4 is 5.32 Å². The minimum absolute atomic E-state index is 0.0260. The highest BCUT2D eigenvalue weighted by molar-refractivity contribution is 7.99. The molecule has 1 atom stereocenters. The van der Waals surface area contributed by atoms with Crippen LogP contribution in [0.2, 0.25) is 0 Å². The van der Waals surface area contributed by atoms with Crippen LogP contribution in [0.15, 0.2) is 35.2 Å². The molecule has 18 heavy (non-hydrogen) atoms. The zero-order valence-electron chi connectivity index (χ0n) is 10.3. The lowest BCUT2D eigenvalue weighted by molar-refractivity contribution is -0.121. The van der Waals surface area contributed by atoms with E-state index in [1.165, 1.54) is 4.90 Å². The van der Waals surface area contributed by atoms with Crippen molar-refractivity contribution in [1.82, 2.24) is 5.32 Å². The Kier molecular flexibility index (Phi) is 5.08. The summed E-state index contributed by atoms with van der Waals surface area (Å²) in [4.78, 5) is 12.7. The van der Waals surface area contributed by atoms with Crippen molar-refractivity contribution in [2.45, 2.75) is 30.3 Å². The molecule has 0 heterocycles. The maximum Gasteiger partial charge on any atom is 0.220 e. The smallest absolute Gasteiger partial charge is 0.220 e. The Hall–Kier alpha value is -1.00. The molecule has 1 saturated carbocycles. The fraction of sp³-hybridized carbons (Fsp3) is 0.500. The third kappa shape index (κ3) is 4.70. The molecular weight excluding hydrogens is 246 g/mol. The molecule has 1 aromatic rings. The maximum atomic E-state index is 11.5. The second kappa shape index (κ2) is 6.81. The predicted molar refractivity (Wildman–Crippen MR) is 73.5 cm³/mol. The van der Waals surface area contributed by atoms with Gasteiger partial charge in [0.1, 0.15) is 0 Å². The summed E-state index contributed by atoms with van der Waals surface area (Å²) in [6.45, 7) is 0.402. The van der Waals surface area contributed by atoms with Gasteiger partial charge in [-0.2, -0.15) is 0 Å². The second-order valence-corrected chi connectivity index (χ2v) is 5.79. The van der Waals surface area contributed by atoms with Gasteiger partial charge in [0.2, 0.25) is 5.91 Å². The number of rotatable bonds is 7. The Labute approximate surface area is 112 Å². The first-order valence-corrected chi connectivity index (χ1v) is 7.37. The largest absolute Gasteiger partial charge is 0.391 e. The minimum Gasteiger partial charge on any atom is -0.391 e. The molecule has 1 aliphatic rings. The van der Waals surface area contributed by atoms with Gasteiger partial charge >= 0.3 is 0 Å². The highest BCUT2D eigenvalue weighted by atomic mass is 32.2. The lowest BCUT2D eigenvalue weighted by Gasteiger charge is -2.10. The Morgan fingerprint density at radius 2 is 2.11 bits per heavy atom. The van der Waals surface area contributed by atoms with E-state index in [2.05, 4.69) is 5.32 Å². The van der Waals surface area contributed by atoms with Crippen LogP contribution in [0.5, 0.6) is 0 Å². The van der Waals surface area contributed by atoms with E-state index >= 15 is 0 Å². The van der Waals surface area contributed by atoms with Gasteiger partial charge in [-0.3, -0.25) is 4.79 Å². The van der Waals surface area contributed by atoms with Crippen LogP contribution in [0.4, 0.5) is 0 Å². The topological polar surface area (TPSA) is 49.3 Å². The Morgan fingerprint density at radius 3 is 2.78 bits per heavy atom. The minimum atomic E-state index is -0.351. The van der Waals surface area contributed by atoms with Gasteiger partial charge in [0.05, 0.1) is 6.10 Å². The molecule has 0 saturated heterocycles. The van der Waals surface area contributed by atoms with E-state index in [-0.39, 0.29) is 12.0 Å². The summed E-state index contributed by atoms with van der Waals surface area (Å²) in [5, 5.41) is 12.4. The third-order valence-corrected chi connectivity index (χ3v) is 4.03. The summed E-state index contributed by atoms with van der Waals surface area (Å²) in [6, 6.07) is 10.1. The third-order valence-electron chi connectivity index (χ3n) is 3.02. The first-order valence-electron chi connectivity index (χ1n) is 6.38. The van der Waals surface area contributed by atoms with Gasteiger partial charge in [0, 0.05) is 23.6 Å². The second-order valence-electron chi connectivity index (χ2n) is 4.62. The lowest BCUT2D eigenvalue weighted by Crippen LogP contribution is -2.33. The molecular formula is C14H19NO2S. The average molecular weight is 265 g/mol. The van der Waals surface area contributed by atoms with Gasteiger partial charge in [0.25, 0.3) is 0 Å². The fourth-order valence-corrected chi connectivity index (χ4v) is 2.61. The van der Waals surface area contributed by atoms with E-state index < -0.39 is 0 Å². The number of hydrogen-bond donors (Lipinski definition) is 2. The predicted octanol–water partition coefficient (Wildman–Crippen LogP) is 2.06. The molecule has 0 aromatic heterocycles. The number of nitrogens with one attached hydrogen (secondary N) is 1. The molecule has 2 N–H and O–H groups in total. The molecule has 1 amide bonds. The molecule has 3 nitrogen and oxygen atoms in total. The fourth-order valence-electron chi connectivity index (χ4n) is 1.73. The molecule has 1 fully saturated rings. The van der Waals surface area contributed by atoms with E-state index in [0.717, 1.165) is 18.6 Å². The molecule has 0 radical (unpaired) electrons. The molecule has 0 aliphatic heterocycles. The quantitative estimate of drug-likeness (QED) is 0.742. The number of amides is 1. The molecule has 0 bridgehead atoms. The van der Waals surface area contributed by atoms with Crippen LogP contribution >= 0.6 is 11.8 Å². The summed E-state index contributed by atoms with van der Waals surface area (Å²) in [6.07, 6.45) is 2.34. The summed E-state index contributed by atoms with van der Waals surface area (Å²) >= 11 is 1.68. The van der Waals surface area contributed by atoms with Crippen molar-refractivity contribution < 1.29 is 9.90 Å². The monoisotopic (exact) mass is 265 g/mol. The average Bonchev–Trinajstić information content (AvgIpc) is 3.21. The normalized spacial score (nSPS) is 16.3. The van der Waals surface area contributed by atoms with Gasteiger partial charge < -0.3 is 10.4 Å². The number of aliphatic hydroxyl groups is 1. The van der Waals surface area contributed by atoms with Crippen molar-refractivity contribution >= 4 is 17.7 Å². The van der Waals surface area contributed by atoms with Gasteiger partial charge in [-0.05, 0) is 30.9 Å². The van der Waals surface area contributed by atoms with Gasteiger partial charge in [-0.1, -0.05) is 18.2 Å². The highest BCUT2D eigenvalue weighted by Gasteiger charge is 2.29. The maximum absolute atomic E-state index is 11.5. The standard InChI is InChI=1S/C14H19NO2S/c16-13(11-6-7-11)10-15-14(17)8-9-18-12-4-2-1-3-5-12/h1-5,11,13,16H,6-10H2,(H,15,17). The first-order chi connectivity index (χ1) is 8.75. The summed E-state index contributed by atoms with van der Waals surface area (Å²) in [5.74, 6) is 1.22. The van der Waals surface area contributed by atoms with E-state index in [1.807, 2.05) is 30.3 Å². The molecule has 1 aliphatic carbocycles. The molecule has 0 spiro atoms. The van der Waals surface area contributed by atoms with E-state index in [1.54, 1.807) is 11.8 Å². The van der Waals surface area contributed by atoms with Crippen molar-refractivity contribution in [2.75, 3.05) is 12.3 Å². The number of carbonyl (C=O) groups is 1. The van der Waals surface area contributed by atoms with Crippen LogP contribution in [0.25, 0.3) is 0 Å². The Morgan fingerprint density at radius 1 is 1.39 bits per heavy atom. The summed E-state index contributed by atoms with van der Waals surface area (Å²) in [7, 11) is 0. The molecule has 1 unspecified atom stereocenters.